The summed E-state index contributed by atoms with van der Waals surface area (Å²) in [6.07, 6.45) is 9.30. The third-order valence-corrected chi connectivity index (χ3v) is 5.59. The molecule has 0 heterocycles. The third kappa shape index (κ3) is 2.99. The molecule has 0 unspecified atom stereocenters. The van der Waals surface area contributed by atoms with E-state index in [0.717, 1.165) is 17.8 Å². The van der Waals surface area contributed by atoms with Gasteiger partial charge in [0.1, 0.15) is 0 Å². The summed E-state index contributed by atoms with van der Waals surface area (Å²) in [4.78, 5) is 22.5. The molecule has 0 aromatic heterocycles. The van der Waals surface area contributed by atoms with Crippen LogP contribution in [-0.4, -0.2) is 23.5 Å². The fourth-order valence-electron chi connectivity index (χ4n) is 5.38. The van der Waals surface area contributed by atoms with Crippen LogP contribution in [0, 0.1) is 23.2 Å². The fourth-order valence-corrected chi connectivity index (χ4v) is 5.38. The number of carbonyl (C=O) groups is 2. The highest BCUT2D eigenvalue weighted by molar-refractivity contribution is 5.76. The fraction of sp³-hybridized carbons (Fsp3) is 0.875. The first kappa shape index (κ1) is 13.9. The van der Waals surface area contributed by atoms with Gasteiger partial charge in [0.15, 0.2) is 0 Å². The monoisotopic (exact) mass is 279 g/mol. The van der Waals surface area contributed by atoms with Crippen molar-refractivity contribution in [3.05, 3.63) is 0 Å². The van der Waals surface area contributed by atoms with Gasteiger partial charge >= 0.3 is 5.97 Å². The second kappa shape index (κ2) is 5.38. The summed E-state index contributed by atoms with van der Waals surface area (Å²) < 4.78 is 0. The number of aliphatic carboxylic acids is 1. The van der Waals surface area contributed by atoms with E-state index in [1.165, 1.54) is 38.5 Å². The highest BCUT2D eigenvalue weighted by atomic mass is 16.4. The Labute approximate surface area is 120 Å². The van der Waals surface area contributed by atoms with Gasteiger partial charge in [-0.3, -0.25) is 9.59 Å². The predicted octanol–water partition coefficient (Wildman–Crippen LogP) is 2.57. The molecule has 0 aromatic rings. The molecule has 0 aliphatic heterocycles. The minimum Gasteiger partial charge on any atom is -0.481 e. The molecule has 112 valence electrons. The van der Waals surface area contributed by atoms with Gasteiger partial charge in [0.25, 0.3) is 0 Å². The molecule has 0 saturated heterocycles. The number of amides is 1. The summed E-state index contributed by atoms with van der Waals surface area (Å²) in [5.41, 5.74) is 0.283. The zero-order valence-corrected chi connectivity index (χ0v) is 12.1. The molecule has 2 N–H and O–H groups in total. The van der Waals surface area contributed by atoms with Gasteiger partial charge in [-0.1, -0.05) is 0 Å². The van der Waals surface area contributed by atoms with E-state index < -0.39 is 5.97 Å². The Morgan fingerprint density at radius 2 is 1.60 bits per heavy atom. The zero-order chi connectivity index (χ0) is 14.2. The minimum absolute atomic E-state index is 0.136. The molecule has 20 heavy (non-hydrogen) atoms. The van der Waals surface area contributed by atoms with Crippen LogP contribution in [0.15, 0.2) is 0 Å². The first-order valence-electron chi connectivity index (χ1n) is 8.03. The van der Waals surface area contributed by atoms with Crippen LogP contribution >= 0.6 is 0 Å². The number of carboxylic acid groups (broad SMARTS) is 1. The van der Waals surface area contributed by atoms with Gasteiger partial charge < -0.3 is 10.4 Å². The standard InChI is InChI=1S/C16H25NO3/c18-14(17-3-1-2-15(19)20)10-16-7-11-4-12(8-16)6-13(5-11)9-16/h11-13H,1-10H2,(H,17,18)(H,19,20). The molecule has 0 spiro atoms. The average Bonchev–Trinajstić information content (AvgIpc) is 2.32. The normalized spacial score (nSPS) is 37.9. The van der Waals surface area contributed by atoms with E-state index >= 15 is 0 Å². The SMILES string of the molecule is O=C(O)CCCNC(=O)CC12CC3CC(CC(C3)C1)C2. The van der Waals surface area contributed by atoms with Gasteiger partial charge in [-0.15, -0.1) is 0 Å². The molecule has 0 radical (unpaired) electrons. The summed E-state index contributed by atoms with van der Waals surface area (Å²) >= 11 is 0. The maximum Gasteiger partial charge on any atom is 0.303 e. The van der Waals surface area contributed by atoms with Gasteiger partial charge in [0, 0.05) is 19.4 Å². The average molecular weight is 279 g/mol. The molecule has 0 atom stereocenters. The quantitative estimate of drug-likeness (QED) is 0.734. The highest BCUT2D eigenvalue weighted by Crippen LogP contribution is 2.61. The molecule has 0 aromatic carbocycles. The van der Waals surface area contributed by atoms with Gasteiger partial charge in [-0.25, -0.2) is 0 Å². The van der Waals surface area contributed by atoms with Gasteiger partial charge in [0.05, 0.1) is 0 Å². The molecule has 4 nitrogen and oxygen atoms in total. The molecular weight excluding hydrogens is 254 g/mol. The number of carbonyl (C=O) groups excluding carboxylic acids is 1. The Bertz CT molecular complexity index is 369. The van der Waals surface area contributed by atoms with Crippen molar-refractivity contribution in [3.63, 3.8) is 0 Å². The first-order valence-corrected chi connectivity index (χ1v) is 8.03. The van der Waals surface area contributed by atoms with Crippen molar-refractivity contribution >= 4 is 11.9 Å². The van der Waals surface area contributed by atoms with E-state index in [-0.39, 0.29) is 17.7 Å². The summed E-state index contributed by atoms with van der Waals surface area (Å²) in [7, 11) is 0. The summed E-state index contributed by atoms with van der Waals surface area (Å²) in [6, 6.07) is 0. The zero-order valence-electron chi connectivity index (χ0n) is 12.1. The van der Waals surface area contributed by atoms with E-state index in [2.05, 4.69) is 5.32 Å². The van der Waals surface area contributed by atoms with E-state index in [0.29, 0.717) is 19.4 Å². The van der Waals surface area contributed by atoms with Crippen LogP contribution in [0.25, 0.3) is 0 Å². The van der Waals surface area contributed by atoms with Crippen LogP contribution in [0.4, 0.5) is 0 Å². The lowest BCUT2D eigenvalue weighted by molar-refractivity contribution is -0.137. The Morgan fingerprint density at radius 3 is 2.10 bits per heavy atom. The van der Waals surface area contributed by atoms with Crippen LogP contribution in [-0.2, 0) is 9.59 Å². The van der Waals surface area contributed by atoms with Gasteiger partial charge in [-0.2, -0.15) is 0 Å². The molecule has 4 heteroatoms. The molecule has 1 amide bonds. The highest BCUT2D eigenvalue weighted by Gasteiger charge is 2.51. The number of rotatable bonds is 6. The Balaban J connectivity index is 1.47. The lowest BCUT2D eigenvalue weighted by Crippen LogP contribution is -2.48. The van der Waals surface area contributed by atoms with E-state index in [9.17, 15) is 9.59 Å². The smallest absolute Gasteiger partial charge is 0.303 e. The Hall–Kier alpha value is -1.06. The summed E-state index contributed by atoms with van der Waals surface area (Å²) in [5.74, 6) is 1.97. The van der Waals surface area contributed by atoms with Crippen LogP contribution < -0.4 is 5.32 Å². The van der Waals surface area contributed by atoms with Crippen molar-refractivity contribution in [2.75, 3.05) is 6.54 Å². The number of hydrogen-bond acceptors (Lipinski definition) is 2. The molecule has 4 aliphatic carbocycles. The van der Waals surface area contributed by atoms with Crippen molar-refractivity contribution < 1.29 is 14.7 Å². The molecule has 4 rings (SSSR count). The number of carboxylic acids is 1. The van der Waals surface area contributed by atoms with E-state index in [4.69, 9.17) is 5.11 Å². The predicted molar refractivity (Wildman–Crippen MR) is 75.1 cm³/mol. The van der Waals surface area contributed by atoms with Crippen molar-refractivity contribution in [2.45, 2.75) is 57.8 Å². The number of hydrogen-bond donors (Lipinski definition) is 2. The Morgan fingerprint density at radius 1 is 1.05 bits per heavy atom. The second-order valence-corrected chi connectivity index (χ2v) is 7.44. The minimum atomic E-state index is -0.791. The summed E-state index contributed by atoms with van der Waals surface area (Å²) in [5, 5.41) is 11.5. The Kier molecular flexibility index (Phi) is 3.74. The summed E-state index contributed by atoms with van der Waals surface area (Å²) in [6.45, 7) is 0.498. The van der Waals surface area contributed by atoms with E-state index in [1.807, 2.05) is 0 Å². The van der Waals surface area contributed by atoms with Crippen molar-refractivity contribution in [3.8, 4) is 0 Å². The third-order valence-electron chi connectivity index (χ3n) is 5.59. The molecule has 4 fully saturated rings. The van der Waals surface area contributed by atoms with Gasteiger partial charge in [0.2, 0.25) is 5.91 Å². The second-order valence-electron chi connectivity index (χ2n) is 7.44. The van der Waals surface area contributed by atoms with Crippen molar-refractivity contribution in [2.24, 2.45) is 23.2 Å². The van der Waals surface area contributed by atoms with Crippen LogP contribution in [0.3, 0.4) is 0 Å². The molecular formula is C16H25NO3. The largest absolute Gasteiger partial charge is 0.481 e. The van der Waals surface area contributed by atoms with E-state index in [1.54, 1.807) is 0 Å². The van der Waals surface area contributed by atoms with Crippen molar-refractivity contribution in [1.29, 1.82) is 0 Å². The maximum atomic E-state index is 12.1. The van der Waals surface area contributed by atoms with Gasteiger partial charge in [-0.05, 0) is 68.1 Å². The first-order chi connectivity index (χ1) is 9.55. The van der Waals surface area contributed by atoms with Crippen LogP contribution in [0.1, 0.15) is 57.8 Å². The maximum absolute atomic E-state index is 12.1. The van der Waals surface area contributed by atoms with Crippen molar-refractivity contribution in [1.82, 2.24) is 5.32 Å². The molecule has 4 aliphatic rings. The number of nitrogens with one attached hydrogen (secondary N) is 1. The molecule has 4 saturated carbocycles. The lowest BCUT2D eigenvalue weighted by Gasteiger charge is -2.56. The van der Waals surface area contributed by atoms with Crippen LogP contribution in [0.5, 0.6) is 0 Å². The molecule has 4 bridgehead atoms. The lowest BCUT2D eigenvalue weighted by atomic mass is 9.49. The van der Waals surface area contributed by atoms with Crippen LogP contribution in [0.2, 0.25) is 0 Å². The topological polar surface area (TPSA) is 66.4 Å².